The highest BCUT2D eigenvalue weighted by Gasteiger charge is 2.31. The highest BCUT2D eigenvalue weighted by atomic mass is 19.4. The quantitative estimate of drug-likeness (QED) is 0.303. The number of rotatable bonds is 7. The molecule has 2 N–H and O–H groups in total. The van der Waals surface area contributed by atoms with Gasteiger partial charge in [-0.05, 0) is 67.9 Å². The Morgan fingerprint density at radius 2 is 1.47 bits per heavy atom. The lowest BCUT2D eigenvalue weighted by molar-refractivity contribution is -0.274. The van der Waals surface area contributed by atoms with Crippen molar-refractivity contribution < 1.29 is 37.3 Å². The number of hydrogen-bond acceptors (Lipinski definition) is 4. The summed E-state index contributed by atoms with van der Waals surface area (Å²) in [7, 11) is 0. The van der Waals surface area contributed by atoms with Crippen molar-refractivity contribution in [2.24, 2.45) is 0 Å². The second kappa shape index (κ2) is 9.01. The lowest BCUT2D eigenvalue weighted by atomic mass is 10.0. The molecule has 4 aromatic rings. The maximum atomic E-state index is 12.3. The summed E-state index contributed by atoms with van der Waals surface area (Å²) < 4.78 is 52.2. The van der Waals surface area contributed by atoms with Gasteiger partial charge in [0.2, 0.25) is 0 Å². The minimum atomic E-state index is -4.78. The molecule has 0 saturated heterocycles. The first-order valence-electron chi connectivity index (χ1n) is 10.3. The highest BCUT2D eigenvalue weighted by Crippen LogP contribution is 2.36. The molecule has 0 unspecified atom stereocenters. The van der Waals surface area contributed by atoms with Crippen molar-refractivity contribution in [1.29, 1.82) is 0 Å². The summed E-state index contributed by atoms with van der Waals surface area (Å²) in [6.45, 7) is 3.83. The summed E-state index contributed by atoms with van der Waals surface area (Å²) >= 11 is 0. The molecule has 3 aromatic carbocycles. The number of alkyl halides is 3. The van der Waals surface area contributed by atoms with Gasteiger partial charge in [0, 0.05) is 17.0 Å². The molecule has 0 spiro atoms. The van der Waals surface area contributed by atoms with E-state index in [1.807, 2.05) is 13.8 Å². The van der Waals surface area contributed by atoms with Crippen LogP contribution in [0.1, 0.15) is 24.3 Å². The number of benzene rings is 3. The molecule has 0 fully saturated rings. The molecule has 0 bridgehead atoms. The van der Waals surface area contributed by atoms with Gasteiger partial charge in [-0.15, -0.1) is 13.2 Å². The van der Waals surface area contributed by atoms with Crippen LogP contribution in [0.15, 0.2) is 66.7 Å². The van der Waals surface area contributed by atoms with E-state index in [1.54, 1.807) is 42.5 Å². The van der Waals surface area contributed by atoms with Gasteiger partial charge in [0.05, 0.1) is 11.6 Å². The number of carboxylic acid groups (broad SMARTS) is 1. The van der Waals surface area contributed by atoms with Gasteiger partial charge >= 0.3 is 12.3 Å². The highest BCUT2D eigenvalue weighted by molar-refractivity contribution is 6.07. The first kappa shape index (κ1) is 23.0. The molecular weight excluding hydrogens is 451 g/mol. The molecule has 34 heavy (non-hydrogen) atoms. The number of H-pyrrole nitrogens is 1. The number of aromatic carboxylic acids is 1. The number of carbonyl (C=O) groups is 1. The second-order valence-electron chi connectivity index (χ2n) is 7.70. The van der Waals surface area contributed by atoms with Crippen molar-refractivity contribution in [3.63, 3.8) is 0 Å². The Kier molecular flexibility index (Phi) is 6.10. The van der Waals surface area contributed by atoms with E-state index in [2.05, 4.69) is 9.72 Å². The van der Waals surface area contributed by atoms with Crippen LogP contribution in [0.25, 0.3) is 22.0 Å². The van der Waals surface area contributed by atoms with Crippen molar-refractivity contribution in [3.8, 4) is 34.1 Å². The van der Waals surface area contributed by atoms with Crippen LogP contribution in [0.4, 0.5) is 13.2 Å². The van der Waals surface area contributed by atoms with Crippen LogP contribution in [-0.2, 0) is 0 Å². The van der Waals surface area contributed by atoms with Gasteiger partial charge in [0.25, 0.3) is 0 Å². The Morgan fingerprint density at radius 1 is 0.882 bits per heavy atom. The molecule has 0 aliphatic rings. The summed E-state index contributed by atoms with van der Waals surface area (Å²) in [6.07, 6.45) is -4.76. The molecule has 0 atom stereocenters. The molecule has 0 saturated carbocycles. The van der Waals surface area contributed by atoms with E-state index in [1.165, 1.54) is 12.1 Å². The molecule has 0 radical (unpaired) electrons. The molecule has 4 rings (SSSR count). The zero-order valence-corrected chi connectivity index (χ0v) is 18.1. The average Bonchev–Trinajstić information content (AvgIpc) is 3.13. The van der Waals surface area contributed by atoms with Crippen molar-refractivity contribution in [2.75, 3.05) is 0 Å². The normalized spacial score (nSPS) is 11.6. The third-order valence-corrected chi connectivity index (χ3v) is 4.79. The summed E-state index contributed by atoms with van der Waals surface area (Å²) in [6, 6.07) is 17.1. The van der Waals surface area contributed by atoms with Crippen LogP contribution >= 0.6 is 0 Å². The number of fused-ring (bicyclic) bond motifs is 1. The SMILES string of the molecule is CC(C)Oc1ccc(-c2c(C(=O)O)[nH]c3cc(Oc4ccc(OC(F)(F)F)cc4)ccc23)cc1. The number of aromatic amines is 1. The number of carboxylic acids is 1. The molecule has 0 aliphatic carbocycles. The molecule has 1 heterocycles. The first-order chi connectivity index (χ1) is 16.1. The Morgan fingerprint density at radius 3 is 2.06 bits per heavy atom. The fourth-order valence-corrected chi connectivity index (χ4v) is 3.52. The van der Waals surface area contributed by atoms with E-state index in [4.69, 9.17) is 9.47 Å². The Hall–Kier alpha value is -4.14. The Labute approximate surface area is 192 Å². The van der Waals surface area contributed by atoms with Gasteiger partial charge in [-0.2, -0.15) is 0 Å². The topological polar surface area (TPSA) is 80.8 Å². The largest absolute Gasteiger partial charge is 0.573 e. The fraction of sp³-hybridized carbons (Fsp3) is 0.160. The van der Waals surface area contributed by atoms with Gasteiger partial charge in [0.1, 0.15) is 28.7 Å². The zero-order valence-electron chi connectivity index (χ0n) is 18.1. The van der Waals surface area contributed by atoms with Crippen LogP contribution in [0.5, 0.6) is 23.0 Å². The van der Waals surface area contributed by atoms with Gasteiger partial charge in [0.15, 0.2) is 0 Å². The van der Waals surface area contributed by atoms with Crippen LogP contribution in [-0.4, -0.2) is 28.5 Å². The summed E-state index contributed by atoms with van der Waals surface area (Å²) in [5.41, 5.74) is 1.79. The van der Waals surface area contributed by atoms with Crippen LogP contribution in [0.3, 0.4) is 0 Å². The van der Waals surface area contributed by atoms with E-state index in [9.17, 15) is 23.1 Å². The number of halogens is 3. The second-order valence-corrected chi connectivity index (χ2v) is 7.70. The van der Waals surface area contributed by atoms with Crippen molar-refractivity contribution >= 4 is 16.9 Å². The van der Waals surface area contributed by atoms with Crippen LogP contribution in [0, 0.1) is 0 Å². The number of aromatic nitrogens is 1. The third kappa shape index (κ3) is 5.25. The van der Waals surface area contributed by atoms with E-state index in [-0.39, 0.29) is 17.5 Å². The molecule has 1 aromatic heterocycles. The van der Waals surface area contributed by atoms with Gasteiger partial charge in [-0.25, -0.2) is 4.79 Å². The fourth-order valence-electron chi connectivity index (χ4n) is 3.52. The van der Waals surface area contributed by atoms with Gasteiger partial charge in [-0.3, -0.25) is 0 Å². The standard InChI is InChI=1S/C25H20F3NO5/c1-14(2)32-16-5-3-15(4-6-16)22-20-12-11-19(13-21(20)29-23(22)24(30)31)33-17-7-9-18(10-8-17)34-25(26,27)28/h3-14,29H,1-2H3,(H,30,31). The van der Waals surface area contributed by atoms with Crippen molar-refractivity contribution in [3.05, 3.63) is 72.4 Å². The Bertz CT molecular complexity index is 1310. The maximum absolute atomic E-state index is 12.3. The predicted molar refractivity (Wildman–Crippen MR) is 120 cm³/mol. The minimum absolute atomic E-state index is 0.0142. The van der Waals surface area contributed by atoms with Gasteiger partial charge in [-0.1, -0.05) is 12.1 Å². The third-order valence-electron chi connectivity index (χ3n) is 4.79. The lowest BCUT2D eigenvalue weighted by Gasteiger charge is -2.11. The number of hydrogen-bond donors (Lipinski definition) is 2. The average molecular weight is 471 g/mol. The van der Waals surface area contributed by atoms with E-state index in [0.29, 0.717) is 39.3 Å². The molecule has 0 amide bonds. The van der Waals surface area contributed by atoms with E-state index >= 15 is 0 Å². The van der Waals surface area contributed by atoms with Gasteiger partial charge < -0.3 is 24.3 Å². The lowest BCUT2D eigenvalue weighted by Crippen LogP contribution is -2.16. The maximum Gasteiger partial charge on any atom is 0.573 e. The van der Waals surface area contributed by atoms with E-state index < -0.39 is 12.3 Å². The van der Waals surface area contributed by atoms with Crippen molar-refractivity contribution in [2.45, 2.75) is 26.3 Å². The first-order valence-corrected chi connectivity index (χ1v) is 10.3. The zero-order chi connectivity index (χ0) is 24.5. The molecule has 6 nitrogen and oxygen atoms in total. The number of ether oxygens (including phenoxy) is 3. The van der Waals surface area contributed by atoms with Crippen molar-refractivity contribution in [1.82, 2.24) is 4.98 Å². The monoisotopic (exact) mass is 471 g/mol. The Balaban J connectivity index is 1.63. The van der Waals surface area contributed by atoms with Crippen LogP contribution < -0.4 is 14.2 Å². The van der Waals surface area contributed by atoms with E-state index in [0.717, 1.165) is 12.1 Å². The molecule has 176 valence electrons. The predicted octanol–water partition coefficient (Wildman–Crippen LogP) is 7.01. The summed E-state index contributed by atoms with van der Waals surface area (Å²) in [5, 5.41) is 10.4. The number of nitrogens with one attached hydrogen (secondary N) is 1. The minimum Gasteiger partial charge on any atom is -0.491 e. The summed E-state index contributed by atoms with van der Waals surface area (Å²) in [4.78, 5) is 14.8. The summed E-state index contributed by atoms with van der Waals surface area (Å²) in [5.74, 6) is -0.128. The molecule has 9 heteroatoms. The van der Waals surface area contributed by atoms with Crippen LogP contribution in [0.2, 0.25) is 0 Å². The molecular formula is C25H20F3NO5. The molecule has 0 aliphatic heterocycles. The smallest absolute Gasteiger partial charge is 0.491 e.